The molecule has 3 N–H and O–H groups in total. The Bertz CT molecular complexity index is 1750. The van der Waals surface area contributed by atoms with Gasteiger partial charge in [-0.05, 0) is 111 Å². The van der Waals surface area contributed by atoms with Crippen molar-refractivity contribution in [3.8, 4) is 0 Å². The van der Waals surface area contributed by atoms with E-state index in [1.807, 2.05) is 58.0 Å². The fraction of sp³-hybridized carbons (Fsp3) is 0.143. The molecule has 0 aliphatic rings. The first-order valence-corrected chi connectivity index (χ1v) is 13.3. The maximum absolute atomic E-state index is 11.6. The van der Waals surface area contributed by atoms with E-state index in [0.717, 1.165) is 33.6 Å². The van der Waals surface area contributed by atoms with Gasteiger partial charge in [0, 0.05) is 5.69 Å². The van der Waals surface area contributed by atoms with E-state index in [1.165, 1.54) is 18.2 Å². The van der Waals surface area contributed by atoms with Crippen LogP contribution in [0.15, 0.2) is 108 Å². The highest BCUT2D eigenvalue weighted by atomic mass is 32.2. The molecular weight excluding hydrogens is 514 g/mol. The smallest absolute Gasteiger partial charge is 0.296 e. The van der Waals surface area contributed by atoms with Crippen molar-refractivity contribution in [3.05, 3.63) is 95.1 Å². The van der Waals surface area contributed by atoms with E-state index in [-0.39, 0.29) is 10.6 Å². The largest absolute Gasteiger partial charge is 0.399 e. The van der Waals surface area contributed by atoms with Crippen molar-refractivity contribution < 1.29 is 13.0 Å². The fourth-order valence-corrected chi connectivity index (χ4v) is 4.27. The number of rotatable bonds is 7. The lowest BCUT2D eigenvalue weighted by Gasteiger charge is -2.05. The predicted octanol–water partition coefficient (Wildman–Crippen LogP) is 9.00. The van der Waals surface area contributed by atoms with Crippen molar-refractivity contribution in [1.82, 2.24) is 0 Å². The number of anilines is 1. The summed E-state index contributed by atoms with van der Waals surface area (Å²) in [6, 6.07) is 20.4. The molecule has 0 amide bonds. The third-order valence-electron chi connectivity index (χ3n) is 5.90. The van der Waals surface area contributed by atoms with E-state index in [2.05, 4.69) is 30.7 Å². The first kappa shape index (κ1) is 27.4. The summed E-state index contributed by atoms with van der Waals surface area (Å²) in [5, 5.41) is 25.6. The number of hydrogen-bond acceptors (Lipinski definition) is 9. The van der Waals surface area contributed by atoms with Gasteiger partial charge in [-0.15, -0.1) is 5.11 Å². The molecule has 0 unspecified atom stereocenters. The molecule has 39 heavy (non-hydrogen) atoms. The summed E-state index contributed by atoms with van der Waals surface area (Å²) in [6.45, 7) is 7.63. The number of benzene rings is 4. The zero-order valence-electron chi connectivity index (χ0n) is 21.9. The topological polar surface area (TPSA) is 155 Å². The van der Waals surface area contributed by atoms with Crippen LogP contribution >= 0.6 is 0 Å². The number of nitrogens with two attached hydrogens (primary N) is 1. The molecule has 198 valence electrons. The highest BCUT2D eigenvalue weighted by Gasteiger charge is 2.14. The van der Waals surface area contributed by atoms with Crippen molar-refractivity contribution in [1.29, 1.82) is 0 Å². The molecule has 0 bridgehead atoms. The predicted molar refractivity (Wildman–Crippen MR) is 151 cm³/mol. The molecule has 4 aromatic carbocycles. The average Bonchev–Trinajstić information content (AvgIpc) is 2.88. The molecule has 0 fully saturated rings. The number of azo groups is 3. The summed E-state index contributed by atoms with van der Waals surface area (Å²) in [5.41, 5.74) is 13.6. The van der Waals surface area contributed by atoms with Crippen molar-refractivity contribution >= 4 is 49.9 Å². The number of nitrogen functional groups attached to an aromatic ring is 1. The summed E-state index contributed by atoms with van der Waals surface area (Å²) < 4.78 is 32.5. The summed E-state index contributed by atoms with van der Waals surface area (Å²) in [4.78, 5) is -0.310. The molecule has 0 radical (unpaired) electrons. The Hall–Kier alpha value is -4.61. The van der Waals surface area contributed by atoms with E-state index in [9.17, 15) is 13.0 Å². The third kappa shape index (κ3) is 6.83. The van der Waals surface area contributed by atoms with Crippen molar-refractivity contribution in [3.63, 3.8) is 0 Å². The summed E-state index contributed by atoms with van der Waals surface area (Å²) in [6.07, 6.45) is 0. The van der Waals surface area contributed by atoms with Crippen LogP contribution in [-0.4, -0.2) is 13.0 Å². The molecule has 0 atom stereocenters. The Labute approximate surface area is 226 Å². The molecule has 0 heterocycles. The maximum Gasteiger partial charge on any atom is 0.296 e. The minimum absolute atomic E-state index is 0.0420. The van der Waals surface area contributed by atoms with Gasteiger partial charge in [0.2, 0.25) is 0 Å². The molecule has 0 spiro atoms. The number of aryl methyl sites for hydroxylation is 4. The highest BCUT2D eigenvalue weighted by Crippen LogP contribution is 2.32. The number of hydrogen-bond donors (Lipinski definition) is 2. The van der Waals surface area contributed by atoms with Gasteiger partial charge in [0.15, 0.2) is 0 Å². The van der Waals surface area contributed by atoms with E-state index < -0.39 is 10.1 Å². The molecule has 4 aromatic rings. The first-order chi connectivity index (χ1) is 18.5. The van der Waals surface area contributed by atoms with Gasteiger partial charge in [-0.2, -0.15) is 34.0 Å². The first-order valence-electron chi connectivity index (χ1n) is 11.9. The zero-order valence-corrected chi connectivity index (χ0v) is 22.7. The molecule has 0 aromatic heterocycles. The molecule has 0 saturated carbocycles. The lowest BCUT2D eigenvalue weighted by Crippen LogP contribution is -1.97. The second-order valence-electron chi connectivity index (χ2n) is 8.98. The van der Waals surface area contributed by atoms with Gasteiger partial charge >= 0.3 is 0 Å². The standard InChI is InChI=1S/C28H27N7O3S/c1-17-16-27(20(4)15-23(17)29)35-31-22-9-11-24(18(2)13-22)32-30-21-10-12-25(19(3)14-21)33-34-26-7-5-6-8-28(26)39(36,37)38/h5-16H,29H2,1-4H3,(H,36,37,38). The van der Waals surface area contributed by atoms with E-state index in [4.69, 9.17) is 5.73 Å². The van der Waals surface area contributed by atoms with Gasteiger partial charge in [0.05, 0.1) is 28.4 Å². The summed E-state index contributed by atoms with van der Waals surface area (Å²) in [7, 11) is -4.41. The normalized spacial score (nSPS) is 12.2. The van der Waals surface area contributed by atoms with Gasteiger partial charge in [0.1, 0.15) is 10.6 Å². The quantitative estimate of drug-likeness (QED) is 0.136. The van der Waals surface area contributed by atoms with Crippen LogP contribution in [0.25, 0.3) is 0 Å². The van der Waals surface area contributed by atoms with Crippen LogP contribution in [0.2, 0.25) is 0 Å². The molecule has 10 nitrogen and oxygen atoms in total. The van der Waals surface area contributed by atoms with Crippen LogP contribution in [0, 0.1) is 27.7 Å². The van der Waals surface area contributed by atoms with Crippen LogP contribution in [-0.2, 0) is 10.1 Å². The summed E-state index contributed by atoms with van der Waals surface area (Å²) in [5.74, 6) is 0. The fourth-order valence-electron chi connectivity index (χ4n) is 3.65. The Morgan fingerprint density at radius 3 is 1.62 bits per heavy atom. The van der Waals surface area contributed by atoms with Gasteiger partial charge < -0.3 is 5.73 Å². The Morgan fingerprint density at radius 2 is 1.05 bits per heavy atom. The van der Waals surface area contributed by atoms with E-state index >= 15 is 0 Å². The minimum atomic E-state index is -4.41. The lowest BCUT2D eigenvalue weighted by molar-refractivity contribution is 0.483. The van der Waals surface area contributed by atoms with Crippen LogP contribution in [0.1, 0.15) is 22.3 Å². The lowest BCUT2D eigenvalue weighted by atomic mass is 10.1. The summed E-state index contributed by atoms with van der Waals surface area (Å²) >= 11 is 0. The van der Waals surface area contributed by atoms with Crippen molar-refractivity contribution in [2.24, 2.45) is 30.7 Å². The second-order valence-corrected chi connectivity index (χ2v) is 10.4. The molecule has 4 rings (SSSR count). The Balaban J connectivity index is 1.48. The van der Waals surface area contributed by atoms with Crippen LogP contribution < -0.4 is 5.73 Å². The van der Waals surface area contributed by atoms with Gasteiger partial charge in [-0.1, -0.05) is 12.1 Å². The van der Waals surface area contributed by atoms with Crippen molar-refractivity contribution in [2.75, 3.05) is 5.73 Å². The average molecular weight is 542 g/mol. The van der Waals surface area contributed by atoms with Crippen LogP contribution in [0.5, 0.6) is 0 Å². The molecule has 0 aliphatic heterocycles. The minimum Gasteiger partial charge on any atom is -0.399 e. The SMILES string of the molecule is Cc1cc(N=Nc2ccc(N=Nc3ccc(N=Nc4ccccc4S(=O)(=O)O)c(C)c3)c(C)c2)c(C)cc1N. The second kappa shape index (κ2) is 11.4. The van der Waals surface area contributed by atoms with Gasteiger partial charge in [0.25, 0.3) is 10.1 Å². The Kier molecular flexibility index (Phi) is 8.03. The molecule has 0 saturated heterocycles. The Morgan fingerprint density at radius 1 is 0.564 bits per heavy atom. The van der Waals surface area contributed by atoms with Gasteiger partial charge in [-0.25, -0.2) is 0 Å². The van der Waals surface area contributed by atoms with Crippen LogP contribution in [0.3, 0.4) is 0 Å². The molecule has 11 heteroatoms. The van der Waals surface area contributed by atoms with Crippen LogP contribution in [0.4, 0.5) is 39.8 Å². The van der Waals surface area contributed by atoms with E-state index in [0.29, 0.717) is 22.7 Å². The highest BCUT2D eigenvalue weighted by molar-refractivity contribution is 7.86. The molecule has 0 aliphatic carbocycles. The van der Waals surface area contributed by atoms with Gasteiger partial charge in [-0.3, -0.25) is 4.55 Å². The maximum atomic E-state index is 11.6. The number of nitrogens with zero attached hydrogens (tertiary/aromatic N) is 6. The van der Waals surface area contributed by atoms with Crippen molar-refractivity contribution in [2.45, 2.75) is 32.6 Å². The van der Waals surface area contributed by atoms with E-state index in [1.54, 1.807) is 24.3 Å². The molecular formula is C28H27N7O3S. The third-order valence-corrected chi connectivity index (χ3v) is 6.80. The monoisotopic (exact) mass is 541 g/mol. The zero-order chi connectivity index (χ0) is 28.2.